The van der Waals surface area contributed by atoms with Gasteiger partial charge >= 0.3 is 0 Å². The molecule has 0 unspecified atom stereocenters. The average molecular weight is 434 g/mol. The highest BCUT2D eigenvalue weighted by molar-refractivity contribution is 5.64. The smallest absolute Gasteiger partial charge is 0.227 e. The quantitative estimate of drug-likeness (QED) is 0.332. The van der Waals surface area contributed by atoms with Crippen LogP contribution in [0.1, 0.15) is 11.3 Å². The van der Waals surface area contributed by atoms with E-state index in [0.29, 0.717) is 5.95 Å². The van der Waals surface area contributed by atoms with Crippen LogP contribution in [0.4, 0.5) is 11.6 Å². The maximum Gasteiger partial charge on any atom is 0.227 e. The minimum atomic E-state index is 0.520. The van der Waals surface area contributed by atoms with Crippen LogP contribution in [-0.2, 0) is 0 Å². The largest absolute Gasteiger partial charge is 0.457 e. The third kappa shape index (κ3) is 4.75. The third-order valence-electron chi connectivity index (χ3n) is 5.22. The van der Waals surface area contributed by atoms with Crippen molar-refractivity contribution in [1.29, 1.82) is 0 Å². The molecule has 0 amide bonds. The van der Waals surface area contributed by atoms with Gasteiger partial charge in [-0.05, 0) is 68.4 Å². The number of nitrogens with zero attached hydrogens (tertiary/aromatic N) is 4. The van der Waals surface area contributed by atoms with Crippen molar-refractivity contribution < 1.29 is 4.74 Å². The van der Waals surface area contributed by atoms with Gasteiger partial charge in [0.05, 0.1) is 17.1 Å². The van der Waals surface area contributed by atoms with Crippen LogP contribution in [0, 0.1) is 13.8 Å². The predicted octanol–water partition coefficient (Wildman–Crippen LogP) is 6.48. The Labute approximate surface area is 192 Å². The van der Waals surface area contributed by atoms with Crippen molar-refractivity contribution in [3.8, 4) is 28.4 Å². The fraction of sp³-hybridized carbons (Fsp3) is 0.0741. The number of rotatable bonds is 6. The first-order valence-corrected chi connectivity index (χ1v) is 10.7. The van der Waals surface area contributed by atoms with E-state index < -0.39 is 0 Å². The first-order chi connectivity index (χ1) is 16.1. The van der Waals surface area contributed by atoms with Crippen LogP contribution in [-0.4, -0.2) is 19.7 Å². The van der Waals surface area contributed by atoms with Crippen molar-refractivity contribution >= 4 is 11.6 Å². The van der Waals surface area contributed by atoms with Crippen LogP contribution in [0.2, 0.25) is 0 Å². The van der Waals surface area contributed by atoms with Gasteiger partial charge in [-0.2, -0.15) is 5.10 Å². The topological polar surface area (TPSA) is 64.9 Å². The molecule has 0 saturated carbocycles. The van der Waals surface area contributed by atoms with E-state index in [4.69, 9.17) is 9.72 Å². The summed E-state index contributed by atoms with van der Waals surface area (Å²) in [6.07, 6.45) is 3.75. The van der Waals surface area contributed by atoms with Crippen molar-refractivity contribution in [3.05, 3.63) is 109 Å². The lowest BCUT2D eigenvalue weighted by molar-refractivity contribution is 0.483. The van der Waals surface area contributed by atoms with Gasteiger partial charge in [-0.25, -0.2) is 14.6 Å². The van der Waals surface area contributed by atoms with E-state index >= 15 is 0 Å². The highest BCUT2D eigenvalue weighted by Crippen LogP contribution is 2.26. The van der Waals surface area contributed by atoms with Crippen LogP contribution in [0.3, 0.4) is 0 Å². The van der Waals surface area contributed by atoms with Gasteiger partial charge in [-0.1, -0.05) is 35.9 Å². The highest BCUT2D eigenvalue weighted by atomic mass is 16.5. The van der Waals surface area contributed by atoms with Crippen LogP contribution in [0.25, 0.3) is 16.9 Å². The molecular weight excluding hydrogens is 410 g/mol. The Bertz CT molecular complexity index is 1360. The molecule has 0 bridgehead atoms. The zero-order chi connectivity index (χ0) is 22.6. The van der Waals surface area contributed by atoms with Gasteiger partial charge in [-0.3, -0.25) is 0 Å². The van der Waals surface area contributed by atoms with Gasteiger partial charge in [0.2, 0.25) is 5.95 Å². The van der Waals surface area contributed by atoms with Crippen molar-refractivity contribution in [3.63, 3.8) is 0 Å². The number of nitrogens with one attached hydrogen (secondary N) is 1. The first-order valence-electron chi connectivity index (χ1n) is 10.7. The van der Waals surface area contributed by atoms with E-state index in [0.717, 1.165) is 39.8 Å². The van der Waals surface area contributed by atoms with Crippen molar-refractivity contribution in [2.45, 2.75) is 13.8 Å². The molecule has 0 saturated heterocycles. The highest BCUT2D eigenvalue weighted by Gasteiger charge is 2.11. The monoisotopic (exact) mass is 433 g/mol. The number of benzene rings is 3. The second kappa shape index (κ2) is 8.96. The van der Waals surface area contributed by atoms with E-state index in [9.17, 15) is 0 Å². The Morgan fingerprint density at radius 1 is 0.788 bits per heavy atom. The van der Waals surface area contributed by atoms with E-state index in [2.05, 4.69) is 46.6 Å². The van der Waals surface area contributed by atoms with Crippen molar-refractivity contribution in [1.82, 2.24) is 19.7 Å². The lowest BCUT2D eigenvalue weighted by Gasteiger charge is -2.08. The summed E-state index contributed by atoms with van der Waals surface area (Å²) in [5.74, 6) is 2.09. The number of anilines is 2. The Morgan fingerprint density at radius 2 is 1.52 bits per heavy atom. The maximum absolute atomic E-state index is 5.85. The molecule has 6 heteroatoms. The summed E-state index contributed by atoms with van der Waals surface area (Å²) in [4.78, 5) is 9.08. The molecule has 5 aromatic rings. The summed E-state index contributed by atoms with van der Waals surface area (Å²) >= 11 is 0. The molecule has 162 valence electrons. The number of aryl methyl sites for hydroxylation is 2. The summed E-state index contributed by atoms with van der Waals surface area (Å²) in [5, 5.41) is 7.93. The van der Waals surface area contributed by atoms with Gasteiger partial charge in [0.15, 0.2) is 0 Å². The Balaban J connectivity index is 1.33. The lowest BCUT2D eigenvalue weighted by Crippen LogP contribution is -1.98. The Kier molecular flexibility index (Phi) is 5.55. The number of ether oxygens (including phenoxy) is 1. The fourth-order valence-electron chi connectivity index (χ4n) is 3.47. The van der Waals surface area contributed by atoms with Crippen LogP contribution in [0.5, 0.6) is 11.5 Å². The number of para-hydroxylation sites is 1. The van der Waals surface area contributed by atoms with E-state index in [-0.39, 0.29) is 0 Å². The fourth-order valence-corrected chi connectivity index (χ4v) is 3.47. The van der Waals surface area contributed by atoms with Gasteiger partial charge in [-0.15, -0.1) is 0 Å². The van der Waals surface area contributed by atoms with Gasteiger partial charge < -0.3 is 10.1 Å². The normalized spacial score (nSPS) is 10.7. The van der Waals surface area contributed by atoms with Crippen LogP contribution in [0.15, 0.2) is 97.3 Å². The van der Waals surface area contributed by atoms with E-state index in [1.165, 1.54) is 5.56 Å². The van der Waals surface area contributed by atoms with Gasteiger partial charge in [0, 0.05) is 23.6 Å². The van der Waals surface area contributed by atoms with Crippen LogP contribution < -0.4 is 10.1 Å². The van der Waals surface area contributed by atoms with E-state index in [1.807, 2.05) is 78.5 Å². The Hall–Kier alpha value is -4.45. The van der Waals surface area contributed by atoms with Crippen molar-refractivity contribution in [2.75, 3.05) is 5.32 Å². The molecule has 3 aromatic carbocycles. The Morgan fingerprint density at radius 3 is 2.27 bits per heavy atom. The molecule has 0 spiro atoms. The minimum Gasteiger partial charge on any atom is -0.457 e. The molecule has 0 radical (unpaired) electrons. The second-order valence-corrected chi connectivity index (χ2v) is 7.74. The summed E-state index contributed by atoms with van der Waals surface area (Å²) in [6.45, 7) is 4.06. The second-order valence-electron chi connectivity index (χ2n) is 7.74. The number of hydrogen-bond donors (Lipinski definition) is 1. The molecule has 0 aliphatic carbocycles. The minimum absolute atomic E-state index is 0.520. The molecular formula is C27H23N5O. The average Bonchev–Trinajstić information content (AvgIpc) is 3.23. The number of aromatic nitrogens is 4. The molecule has 2 heterocycles. The molecule has 5 rings (SSSR count). The number of hydrogen-bond acceptors (Lipinski definition) is 5. The molecule has 2 aromatic heterocycles. The molecule has 6 nitrogen and oxygen atoms in total. The molecule has 0 aliphatic heterocycles. The zero-order valence-corrected chi connectivity index (χ0v) is 18.4. The zero-order valence-electron chi connectivity index (χ0n) is 18.4. The third-order valence-corrected chi connectivity index (χ3v) is 5.22. The summed E-state index contributed by atoms with van der Waals surface area (Å²) in [6, 6.07) is 27.6. The lowest BCUT2D eigenvalue weighted by atomic mass is 10.2. The van der Waals surface area contributed by atoms with Gasteiger partial charge in [0.25, 0.3) is 0 Å². The van der Waals surface area contributed by atoms with Gasteiger partial charge in [0.1, 0.15) is 11.5 Å². The van der Waals surface area contributed by atoms with Crippen molar-refractivity contribution in [2.24, 2.45) is 0 Å². The molecule has 0 atom stereocenters. The van der Waals surface area contributed by atoms with E-state index in [1.54, 1.807) is 6.20 Å². The summed E-state index contributed by atoms with van der Waals surface area (Å²) in [5.41, 5.74) is 5.79. The molecule has 0 fully saturated rings. The predicted molar refractivity (Wildman–Crippen MR) is 130 cm³/mol. The SMILES string of the molecule is Cc1ccc(-n2cc(-c3ccnc(Nc4ccc(Oc5ccccc5)cc4)n3)c(C)n2)cc1. The molecule has 0 aliphatic rings. The molecule has 33 heavy (non-hydrogen) atoms. The summed E-state index contributed by atoms with van der Waals surface area (Å²) in [7, 11) is 0. The first kappa shape index (κ1) is 20.5. The maximum atomic E-state index is 5.85. The standard InChI is InChI=1S/C27H23N5O/c1-19-8-12-22(13-9-19)32-18-25(20(2)31-32)26-16-17-28-27(30-26)29-21-10-14-24(15-11-21)33-23-6-4-3-5-7-23/h3-18H,1-2H3,(H,28,29,30). The van der Waals surface area contributed by atoms with Crippen LogP contribution >= 0.6 is 0 Å². The summed E-state index contributed by atoms with van der Waals surface area (Å²) < 4.78 is 7.73. The molecule has 1 N–H and O–H groups in total.